The molecule has 0 aliphatic rings. The summed E-state index contributed by atoms with van der Waals surface area (Å²) in [7, 11) is 4.03. The first-order chi connectivity index (χ1) is 8.69. The third-order valence-electron chi connectivity index (χ3n) is 2.53. The number of hydrogen-bond acceptors (Lipinski definition) is 4. The molecule has 0 aromatic carbocycles. The Morgan fingerprint density at radius 1 is 1.47 bits per heavy atom. The van der Waals surface area contributed by atoms with Crippen LogP contribution < -0.4 is 5.32 Å². The van der Waals surface area contributed by atoms with Gasteiger partial charge in [0.05, 0.1) is 5.56 Å². The maximum absolute atomic E-state index is 10.9. The number of carboxylic acids is 1. The van der Waals surface area contributed by atoms with Gasteiger partial charge in [-0.2, -0.15) is 0 Å². The van der Waals surface area contributed by atoms with Crippen molar-refractivity contribution in [1.29, 1.82) is 0 Å². The third-order valence-corrected chi connectivity index (χ3v) is 2.73. The molecule has 19 heavy (non-hydrogen) atoms. The summed E-state index contributed by atoms with van der Waals surface area (Å²) in [6, 6.07) is 2.82. The molecule has 0 fully saturated rings. The Balaban J connectivity index is 2.75. The van der Waals surface area contributed by atoms with E-state index in [4.69, 9.17) is 16.7 Å². The van der Waals surface area contributed by atoms with Gasteiger partial charge < -0.3 is 15.3 Å². The summed E-state index contributed by atoms with van der Waals surface area (Å²) >= 11 is 5.81. The number of carboxylic acid groups (broad SMARTS) is 1. The van der Waals surface area contributed by atoms with Gasteiger partial charge in [-0.15, -0.1) is 0 Å². The summed E-state index contributed by atoms with van der Waals surface area (Å²) in [5.41, 5.74) is 0.171. The summed E-state index contributed by atoms with van der Waals surface area (Å²) in [5.74, 6) is -0.531. The molecule has 0 saturated carbocycles. The first kappa shape index (κ1) is 15.7. The molecule has 0 saturated heterocycles. The number of pyridine rings is 1. The van der Waals surface area contributed by atoms with Crippen LogP contribution in [0, 0.1) is 5.41 Å². The van der Waals surface area contributed by atoms with Gasteiger partial charge in [0.2, 0.25) is 0 Å². The minimum absolute atomic E-state index is 0.0386. The molecule has 0 unspecified atom stereocenters. The van der Waals surface area contributed by atoms with E-state index in [0.29, 0.717) is 12.4 Å². The lowest BCUT2D eigenvalue weighted by molar-refractivity contribution is 0.0697. The number of carbonyl (C=O) groups is 1. The van der Waals surface area contributed by atoms with Gasteiger partial charge in [0, 0.05) is 13.1 Å². The second-order valence-electron chi connectivity index (χ2n) is 5.62. The number of anilines is 1. The lowest BCUT2D eigenvalue weighted by Gasteiger charge is -2.28. The maximum Gasteiger partial charge on any atom is 0.335 e. The lowest BCUT2D eigenvalue weighted by atomic mass is 9.93. The fraction of sp³-hybridized carbons (Fsp3) is 0.538. The van der Waals surface area contributed by atoms with E-state index in [2.05, 4.69) is 29.0 Å². The van der Waals surface area contributed by atoms with Crippen molar-refractivity contribution in [3.63, 3.8) is 0 Å². The second-order valence-corrected chi connectivity index (χ2v) is 6.01. The largest absolute Gasteiger partial charge is 0.478 e. The summed E-state index contributed by atoms with van der Waals surface area (Å²) in [5, 5.41) is 12.3. The fourth-order valence-corrected chi connectivity index (χ4v) is 2.16. The number of nitrogens with zero attached hydrogens (tertiary/aromatic N) is 2. The molecule has 0 atom stereocenters. The number of hydrogen-bond donors (Lipinski definition) is 2. The van der Waals surface area contributed by atoms with Crippen LogP contribution in [0.3, 0.4) is 0 Å². The molecule has 1 heterocycles. The van der Waals surface area contributed by atoms with Crippen molar-refractivity contribution in [3.05, 3.63) is 22.8 Å². The van der Waals surface area contributed by atoms with Crippen LogP contribution in [-0.2, 0) is 0 Å². The van der Waals surface area contributed by atoms with E-state index in [9.17, 15) is 4.79 Å². The quantitative estimate of drug-likeness (QED) is 0.786. The van der Waals surface area contributed by atoms with Crippen LogP contribution in [0.1, 0.15) is 24.2 Å². The van der Waals surface area contributed by atoms with E-state index < -0.39 is 5.97 Å². The van der Waals surface area contributed by atoms with Crippen molar-refractivity contribution >= 4 is 23.4 Å². The lowest BCUT2D eigenvalue weighted by Crippen LogP contribution is -2.34. The van der Waals surface area contributed by atoms with E-state index in [0.717, 1.165) is 6.54 Å². The normalized spacial score (nSPS) is 11.7. The van der Waals surface area contributed by atoms with Crippen LogP contribution in [0.15, 0.2) is 12.1 Å². The number of aromatic nitrogens is 1. The Bertz CT molecular complexity index is 461. The first-order valence-electron chi connectivity index (χ1n) is 5.99. The molecule has 2 N–H and O–H groups in total. The van der Waals surface area contributed by atoms with Gasteiger partial charge in [0.1, 0.15) is 11.0 Å². The predicted octanol–water partition coefficient (Wildman–Crippen LogP) is 2.43. The van der Waals surface area contributed by atoms with E-state index in [1.807, 2.05) is 14.1 Å². The van der Waals surface area contributed by atoms with Gasteiger partial charge in [-0.05, 0) is 31.6 Å². The molecule has 0 radical (unpaired) electrons. The molecule has 1 aromatic heterocycles. The molecule has 106 valence electrons. The molecule has 6 heteroatoms. The highest BCUT2D eigenvalue weighted by molar-refractivity contribution is 6.29. The number of aromatic carboxylic acids is 1. The summed E-state index contributed by atoms with van der Waals surface area (Å²) in [4.78, 5) is 17.1. The molecule has 0 amide bonds. The minimum Gasteiger partial charge on any atom is -0.478 e. The van der Waals surface area contributed by atoms with Gasteiger partial charge in [-0.25, -0.2) is 9.78 Å². The van der Waals surface area contributed by atoms with Crippen LogP contribution in [0.4, 0.5) is 5.82 Å². The van der Waals surface area contributed by atoms with Crippen LogP contribution in [0.25, 0.3) is 0 Å². The van der Waals surface area contributed by atoms with E-state index >= 15 is 0 Å². The summed E-state index contributed by atoms with van der Waals surface area (Å²) in [6.07, 6.45) is 0. The highest BCUT2D eigenvalue weighted by atomic mass is 35.5. The van der Waals surface area contributed by atoms with Crippen LogP contribution in [0.5, 0.6) is 0 Å². The Hall–Kier alpha value is -1.33. The zero-order chi connectivity index (χ0) is 14.6. The average Bonchev–Trinajstić information content (AvgIpc) is 2.24. The molecular formula is C13H20ClN3O2. The average molecular weight is 286 g/mol. The standard InChI is InChI=1S/C13H20ClN3O2/c1-13(2,8-17(3)4)7-15-11-6-9(12(18)19)5-10(14)16-11/h5-6H,7-8H2,1-4H3,(H,15,16)(H,18,19). The van der Waals surface area contributed by atoms with E-state index in [1.165, 1.54) is 12.1 Å². The maximum atomic E-state index is 10.9. The van der Waals surface area contributed by atoms with Crippen molar-refractivity contribution in [2.75, 3.05) is 32.5 Å². The molecule has 5 nitrogen and oxygen atoms in total. The van der Waals surface area contributed by atoms with E-state index in [1.54, 1.807) is 0 Å². The SMILES string of the molecule is CN(C)CC(C)(C)CNc1cc(C(=O)O)cc(Cl)n1. The molecule has 0 aliphatic carbocycles. The Morgan fingerprint density at radius 3 is 2.63 bits per heavy atom. The van der Waals surface area contributed by atoms with Gasteiger partial charge in [-0.3, -0.25) is 0 Å². The fourth-order valence-electron chi connectivity index (χ4n) is 1.95. The highest BCUT2D eigenvalue weighted by Crippen LogP contribution is 2.19. The van der Waals surface area contributed by atoms with E-state index in [-0.39, 0.29) is 16.1 Å². The summed E-state index contributed by atoms with van der Waals surface area (Å²) < 4.78 is 0. The molecule has 1 aromatic rings. The molecular weight excluding hydrogens is 266 g/mol. The Kier molecular flexibility index (Phi) is 5.14. The summed E-state index contributed by atoms with van der Waals surface area (Å²) in [6.45, 7) is 5.84. The number of halogens is 1. The van der Waals surface area contributed by atoms with Crippen molar-refractivity contribution in [1.82, 2.24) is 9.88 Å². The molecule has 0 spiro atoms. The topological polar surface area (TPSA) is 65.5 Å². The van der Waals surface area contributed by atoms with Crippen LogP contribution >= 0.6 is 11.6 Å². The van der Waals surface area contributed by atoms with Crippen molar-refractivity contribution in [3.8, 4) is 0 Å². The van der Waals surface area contributed by atoms with Gasteiger partial charge in [0.25, 0.3) is 0 Å². The van der Waals surface area contributed by atoms with Crippen LogP contribution in [-0.4, -0.2) is 48.1 Å². The highest BCUT2D eigenvalue weighted by Gasteiger charge is 2.19. The smallest absolute Gasteiger partial charge is 0.335 e. The van der Waals surface area contributed by atoms with Gasteiger partial charge in [-0.1, -0.05) is 25.4 Å². The van der Waals surface area contributed by atoms with Gasteiger partial charge >= 0.3 is 5.97 Å². The zero-order valence-electron chi connectivity index (χ0n) is 11.7. The Morgan fingerprint density at radius 2 is 2.11 bits per heavy atom. The predicted molar refractivity (Wildman–Crippen MR) is 77.0 cm³/mol. The van der Waals surface area contributed by atoms with Crippen molar-refractivity contribution in [2.45, 2.75) is 13.8 Å². The molecule has 0 aliphatic heterocycles. The number of rotatable bonds is 6. The van der Waals surface area contributed by atoms with Crippen LogP contribution in [0.2, 0.25) is 5.15 Å². The van der Waals surface area contributed by atoms with Crippen molar-refractivity contribution in [2.24, 2.45) is 5.41 Å². The van der Waals surface area contributed by atoms with Crippen molar-refractivity contribution < 1.29 is 9.90 Å². The first-order valence-corrected chi connectivity index (χ1v) is 6.37. The monoisotopic (exact) mass is 285 g/mol. The van der Waals surface area contributed by atoms with Gasteiger partial charge in [0.15, 0.2) is 0 Å². The third kappa shape index (κ3) is 5.44. The minimum atomic E-state index is -1.01. The molecule has 1 rings (SSSR count). The number of nitrogens with one attached hydrogen (secondary N) is 1. The Labute approximate surface area is 118 Å². The second kappa shape index (κ2) is 6.21. The zero-order valence-corrected chi connectivity index (χ0v) is 12.5. The molecule has 0 bridgehead atoms.